The molecule has 0 spiro atoms. The fraction of sp³-hybridized carbons (Fsp3) is 0.667. The van der Waals surface area contributed by atoms with E-state index >= 15 is 0 Å². The van der Waals surface area contributed by atoms with Gasteiger partial charge >= 0.3 is 0 Å². The Morgan fingerprint density at radius 3 is 2.62 bits per heavy atom. The number of aliphatic hydroxyl groups excluding tert-OH is 1. The van der Waals surface area contributed by atoms with Crippen LogP contribution in [0.15, 0.2) is 11.6 Å². The Labute approximate surface area is 49.0 Å². The van der Waals surface area contributed by atoms with E-state index in [1.807, 2.05) is 13.0 Å². The lowest BCUT2D eigenvalue weighted by Gasteiger charge is -2.04. The van der Waals surface area contributed by atoms with Crippen molar-refractivity contribution in [2.24, 2.45) is 5.73 Å². The lowest BCUT2D eigenvalue weighted by Crippen LogP contribution is -2.28. The first-order valence-electron chi connectivity index (χ1n) is 2.81. The second kappa shape index (κ2) is 1.88. The lowest BCUT2D eigenvalue weighted by molar-refractivity contribution is 0.202. The van der Waals surface area contributed by atoms with Gasteiger partial charge in [-0.15, -0.1) is 0 Å². The topological polar surface area (TPSA) is 46.2 Å². The third kappa shape index (κ3) is 0.904. The van der Waals surface area contributed by atoms with Crippen LogP contribution in [-0.2, 0) is 0 Å². The summed E-state index contributed by atoms with van der Waals surface area (Å²) in [5.74, 6) is 0. The molecular weight excluding hydrogens is 102 g/mol. The second-order valence-electron chi connectivity index (χ2n) is 2.37. The van der Waals surface area contributed by atoms with Crippen LogP contribution in [0.4, 0.5) is 0 Å². The van der Waals surface area contributed by atoms with Gasteiger partial charge < -0.3 is 10.8 Å². The molecule has 0 aromatic carbocycles. The molecule has 0 amide bonds. The molecule has 0 aromatic rings. The summed E-state index contributed by atoms with van der Waals surface area (Å²) in [6.07, 6.45) is 2.27. The number of hydrogen-bond acceptors (Lipinski definition) is 2. The summed E-state index contributed by atoms with van der Waals surface area (Å²) in [5.41, 5.74) is 6.67. The minimum Gasteiger partial charge on any atom is -0.387 e. The van der Waals surface area contributed by atoms with Gasteiger partial charge in [-0.1, -0.05) is 11.6 Å². The Morgan fingerprint density at radius 2 is 2.50 bits per heavy atom. The molecule has 1 aliphatic carbocycles. The molecular formula is C6H11NO. The first-order chi connectivity index (χ1) is 3.70. The highest BCUT2D eigenvalue weighted by Crippen LogP contribution is 2.15. The standard InChI is InChI=1S/C6H11NO/c1-4-2-5(7)6(8)3-4/h3,5-6,8H,2,7H2,1H3/t5-,6+/m0/s1. The van der Waals surface area contributed by atoms with Crippen LogP contribution >= 0.6 is 0 Å². The second-order valence-corrected chi connectivity index (χ2v) is 2.37. The van der Waals surface area contributed by atoms with Gasteiger partial charge in [-0.05, 0) is 13.3 Å². The van der Waals surface area contributed by atoms with E-state index in [9.17, 15) is 0 Å². The zero-order chi connectivity index (χ0) is 6.15. The number of nitrogens with two attached hydrogens (primary N) is 1. The number of hydrogen-bond donors (Lipinski definition) is 2. The van der Waals surface area contributed by atoms with Crippen LogP contribution in [0.5, 0.6) is 0 Å². The van der Waals surface area contributed by atoms with E-state index in [1.54, 1.807) is 0 Å². The Balaban J connectivity index is 2.56. The van der Waals surface area contributed by atoms with Gasteiger partial charge in [0, 0.05) is 6.04 Å². The van der Waals surface area contributed by atoms with Gasteiger partial charge in [-0.3, -0.25) is 0 Å². The van der Waals surface area contributed by atoms with E-state index < -0.39 is 6.10 Å². The molecule has 0 radical (unpaired) electrons. The van der Waals surface area contributed by atoms with Gasteiger partial charge in [0.15, 0.2) is 0 Å². The van der Waals surface area contributed by atoms with E-state index in [1.165, 1.54) is 5.57 Å². The van der Waals surface area contributed by atoms with Crippen LogP contribution in [0, 0.1) is 0 Å². The summed E-state index contributed by atoms with van der Waals surface area (Å²) in [4.78, 5) is 0. The van der Waals surface area contributed by atoms with Crippen molar-refractivity contribution in [2.45, 2.75) is 25.5 Å². The molecule has 2 atom stereocenters. The van der Waals surface area contributed by atoms with Crippen molar-refractivity contribution in [3.05, 3.63) is 11.6 Å². The molecule has 0 heterocycles. The minimum absolute atomic E-state index is 0.0463. The average molecular weight is 113 g/mol. The van der Waals surface area contributed by atoms with Crippen LogP contribution in [0.25, 0.3) is 0 Å². The SMILES string of the molecule is CC1=C[C@@H](O)[C@@H](N)C1. The zero-order valence-corrected chi connectivity index (χ0v) is 4.96. The quantitative estimate of drug-likeness (QED) is 0.435. The van der Waals surface area contributed by atoms with Crippen LogP contribution < -0.4 is 5.73 Å². The van der Waals surface area contributed by atoms with E-state index in [0.717, 1.165) is 6.42 Å². The molecule has 0 saturated carbocycles. The third-order valence-electron chi connectivity index (χ3n) is 1.45. The van der Waals surface area contributed by atoms with E-state index in [4.69, 9.17) is 10.8 Å². The average Bonchev–Trinajstić information content (AvgIpc) is 1.85. The maximum atomic E-state index is 8.97. The molecule has 46 valence electrons. The maximum absolute atomic E-state index is 8.97. The van der Waals surface area contributed by atoms with E-state index in [2.05, 4.69) is 0 Å². The minimum atomic E-state index is -0.394. The highest BCUT2D eigenvalue weighted by Gasteiger charge is 2.18. The molecule has 0 unspecified atom stereocenters. The summed E-state index contributed by atoms with van der Waals surface area (Å²) in [5, 5.41) is 8.97. The van der Waals surface area contributed by atoms with Crippen molar-refractivity contribution < 1.29 is 5.11 Å². The highest BCUT2D eigenvalue weighted by atomic mass is 16.3. The van der Waals surface area contributed by atoms with Crippen LogP contribution in [-0.4, -0.2) is 17.3 Å². The lowest BCUT2D eigenvalue weighted by atomic mass is 10.2. The smallest absolute Gasteiger partial charge is 0.0877 e. The molecule has 0 saturated heterocycles. The zero-order valence-electron chi connectivity index (χ0n) is 4.96. The third-order valence-corrected chi connectivity index (χ3v) is 1.45. The Bertz CT molecular complexity index is 120. The fourth-order valence-electron chi connectivity index (χ4n) is 0.976. The molecule has 0 bridgehead atoms. The van der Waals surface area contributed by atoms with E-state index in [0.29, 0.717) is 0 Å². The summed E-state index contributed by atoms with van der Waals surface area (Å²) in [6.45, 7) is 1.98. The Hall–Kier alpha value is -0.340. The van der Waals surface area contributed by atoms with Crippen molar-refractivity contribution in [3.63, 3.8) is 0 Å². The van der Waals surface area contributed by atoms with Crippen LogP contribution in [0.2, 0.25) is 0 Å². The highest BCUT2D eigenvalue weighted by molar-refractivity contribution is 5.14. The summed E-state index contributed by atoms with van der Waals surface area (Å²) in [7, 11) is 0. The molecule has 2 heteroatoms. The molecule has 0 aliphatic heterocycles. The summed E-state index contributed by atoms with van der Waals surface area (Å²) < 4.78 is 0. The van der Waals surface area contributed by atoms with Crippen LogP contribution in [0.3, 0.4) is 0 Å². The number of aliphatic hydroxyl groups is 1. The van der Waals surface area contributed by atoms with Crippen molar-refractivity contribution >= 4 is 0 Å². The number of rotatable bonds is 0. The predicted molar refractivity (Wildman–Crippen MR) is 32.4 cm³/mol. The Kier molecular flexibility index (Phi) is 1.36. The van der Waals surface area contributed by atoms with Gasteiger partial charge in [0.1, 0.15) is 0 Å². The van der Waals surface area contributed by atoms with Crippen LogP contribution in [0.1, 0.15) is 13.3 Å². The first-order valence-corrected chi connectivity index (χ1v) is 2.81. The van der Waals surface area contributed by atoms with Gasteiger partial charge in [0.05, 0.1) is 6.10 Å². The normalized spacial score (nSPS) is 37.6. The van der Waals surface area contributed by atoms with E-state index in [-0.39, 0.29) is 6.04 Å². The van der Waals surface area contributed by atoms with Gasteiger partial charge in [-0.25, -0.2) is 0 Å². The monoisotopic (exact) mass is 113 g/mol. The van der Waals surface area contributed by atoms with Gasteiger partial charge in [0.25, 0.3) is 0 Å². The van der Waals surface area contributed by atoms with Crippen molar-refractivity contribution in [1.29, 1.82) is 0 Å². The van der Waals surface area contributed by atoms with Gasteiger partial charge in [0.2, 0.25) is 0 Å². The molecule has 8 heavy (non-hydrogen) atoms. The maximum Gasteiger partial charge on any atom is 0.0877 e. The Morgan fingerprint density at radius 1 is 1.88 bits per heavy atom. The molecule has 3 N–H and O–H groups in total. The van der Waals surface area contributed by atoms with Crippen molar-refractivity contribution in [3.8, 4) is 0 Å². The first kappa shape index (κ1) is 5.79. The van der Waals surface area contributed by atoms with Crippen molar-refractivity contribution in [1.82, 2.24) is 0 Å². The fourth-order valence-corrected chi connectivity index (χ4v) is 0.976. The molecule has 2 nitrogen and oxygen atoms in total. The molecule has 0 aromatic heterocycles. The van der Waals surface area contributed by atoms with Gasteiger partial charge in [-0.2, -0.15) is 0 Å². The molecule has 1 aliphatic rings. The summed E-state index contributed by atoms with van der Waals surface area (Å²) in [6, 6.07) is -0.0463. The predicted octanol–water partition coefficient (Wildman–Crippen LogP) is 0.0246. The molecule has 0 fully saturated rings. The molecule has 1 rings (SSSR count). The largest absolute Gasteiger partial charge is 0.387 e. The van der Waals surface area contributed by atoms with Crippen molar-refractivity contribution in [2.75, 3.05) is 0 Å². The summed E-state index contributed by atoms with van der Waals surface area (Å²) >= 11 is 0.